The van der Waals surface area contributed by atoms with Crippen molar-refractivity contribution in [3.8, 4) is 17.1 Å². The Morgan fingerprint density at radius 1 is 1.15 bits per heavy atom. The zero-order valence-corrected chi connectivity index (χ0v) is 11.6. The van der Waals surface area contributed by atoms with Gasteiger partial charge in [0.1, 0.15) is 17.1 Å². The minimum absolute atomic E-state index is 0.840. The molecule has 0 spiro atoms. The summed E-state index contributed by atoms with van der Waals surface area (Å²) < 4.78 is 6.30. The van der Waals surface area contributed by atoms with E-state index in [0.717, 1.165) is 38.4 Å². The van der Waals surface area contributed by atoms with Gasteiger partial charge in [0.15, 0.2) is 0 Å². The summed E-state index contributed by atoms with van der Waals surface area (Å²) >= 11 is 1.67. The number of nitrogens with zero attached hydrogens (tertiary/aromatic N) is 2. The van der Waals surface area contributed by atoms with Crippen molar-refractivity contribution in [2.24, 2.45) is 0 Å². The molecule has 0 atom stereocenters. The van der Waals surface area contributed by atoms with Gasteiger partial charge in [0.25, 0.3) is 0 Å². The summed E-state index contributed by atoms with van der Waals surface area (Å²) in [6.45, 7) is 0. The van der Waals surface area contributed by atoms with Gasteiger partial charge >= 0.3 is 0 Å². The van der Waals surface area contributed by atoms with Gasteiger partial charge in [0.05, 0.1) is 29.0 Å². The second kappa shape index (κ2) is 4.31. The van der Waals surface area contributed by atoms with E-state index in [9.17, 15) is 0 Å². The number of benzene rings is 1. The zero-order chi connectivity index (χ0) is 13.5. The first kappa shape index (κ1) is 11.4. The predicted octanol–water partition coefficient (Wildman–Crippen LogP) is 3.85. The molecule has 0 bridgehead atoms. The van der Waals surface area contributed by atoms with Crippen molar-refractivity contribution >= 4 is 32.6 Å². The van der Waals surface area contributed by atoms with Crippen LogP contribution in [0.2, 0.25) is 0 Å². The molecule has 0 amide bonds. The van der Waals surface area contributed by atoms with Crippen LogP contribution in [0.4, 0.5) is 0 Å². The lowest BCUT2D eigenvalue weighted by molar-refractivity contribution is 0.415. The molecule has 5 heteroatoms. The van der Waals surface area contributed by atoms with E-state index < -0.39 is 0 Å². The fourth-order valence-corrected chi connectivity index (χ4v) is 3.10. The number of H-pyrrole nitrogens is 1. The van der Waals surface area contributed by atoms with Crippen LogP contribution >= 0.6 is 11.3 Å². The van der Waals surface area contributed by atoms with Crippen molar-refractivity contribution in [3.05, 3.63) is 41.9 Å². The molecule has 0 aliphatic rings. The van der Waals surface area contributed by atoms with Crippen LogP contribution in [0.1, 0.15) is 0 Å². The van der Waals surface area contributed by atoms with Crippen molar-refractivity contribution in [2.45, 2.75) is 0 Å². The first-order chi connectivity index (χ1) is 9.85. The average molecular weight is 281 g/mol. The highest BCUT2D eigenvalue weighted by molar-refractivity contribution is 7.18. The number of pyridine rings is 1. The highest BCUT2D eigenvalue weighted by atomic mass is 32.1. The number of thiophene rings is 1. The van der Waals surface area contributed by atoms with Crippen LogP contribution in [0.5, 0.6) is 5.75 Å². The van der Waals surface area contributed by atoms with Gasteiger partial charge in [-0.15, -0.1) is 11.3 Å². The van der Waals surface area contributed by atoms with Crippen molar-refractivity contribution in [3.63, 3.8) is 0 Å². The molecule has 0 radical (unpaired) electrons. The normalized spacial score (nSPS) is 11.2. The Kier molecular flexibility index (Phi) is 2.47. The first-order valence-electron chi connectivity index (χ1n) is 6.21. The molecule has 0 aliphatic heterocycles. The molecule has 0 fully saturated rings. The van der Waals surface area contributed by atoms with Gasteiger partial charge in [-0.25, -0.2) is 4.98 Å². The van der Waals surface area contributed by atoms with Crippen molar-refractivity contribution in [2.75, 3.05) is 7.11 Å². The topological polar surface area (TPSA) is 50.8 Å². The lowest BCUT2D eigenvalue weighted by Crippen LogP contribution is -1.83. The molecule has 1 aromatic carbocycles. The molecule has 3 aromatic heterocycles. The van der Waals surface area contributed by atoms with Crippen LogP contribution in [-0.2, 0) is 0 Å². The van der Waals surface area contributed by atoms with E-state index in [1.54, 1.807) is 18.4 Å². The van der Waals surface area contributed by atoms with E-state index in [4.69, 9.17) is 9.72 Å². The number of hydrogen-bond acceptors (Lipinski definition) is 4. The van der Waals surface area contributed by atoms with Crippen molar-refractivity contribution < 1.29 is 4.74 Å². The van der Waals surface area contributed by atoms with Crippen LogP contribution < -0.4 is 4.74 Å². The Bertz CT molecular complexity index is 892. The Morgan fingerprint density at radius 2 is 2.00 bits per heavy atom. The summed E-state index contributed by atoms with van der Waals surface area (Å²) in [5, 5.41) is 2.04. The second-order valence-electron chi connectivity index (χ2n) is 4.47. The zero-order valence-electron chi connectivity index (χ0n) is 10.8. The van der Waals surface area contributed by atoms with Crippen molar-refractivity contribution in [1.82, 2.24) is 15.0 Å². The molecule has 4 rings (SSSR count). The van der Waals surface area contributed by atoms with E-state index in [-0.39, 0.29) is 0 Å². The van der Waals surface area contributed by atoms with Gasteiger partial charge in [0.2, 0.25) is 0 Å². The summed E-state index contributed by atoms with van der Waals surface area (Å²) in [7, 11) is 1.66. The van der Waals surface area contributed by atoms with Gasteiger partial charge in [0, 0.05) is 5.56 Å². The van der Waals surface area contributed by atoms with Crippen LogP contribution in [0.3, 0.4) is 0 Å². The third kappa shape index (κ3) is 1.67. The first-order valence-corrected chi connectivity index (χ1v) is 7.09. The molecule has 20 heavy (non-hydrogen) atoms. The van der Waals surface area contributed by atoms with Gasteiger partial charge in [-0.2, -0.15) is 0 Å². The highest BCUT2D eigenvalue weighted by Gasteiger charge is 2.10. The lowest BCUT2D eigenvalue weighted by Gasteiger charge is -2.00. The fourth-order valence-electron chi connectivity index (χ4n) is 2.25. The molecule has 0 unspecified atom stereocenters. The van der Waals surface area contributed by atoms with Crippen molar-refractivity contribution in [1.29, 1.82) is 0 Å². The predicted molar refractivity (Wildman–Crippen MR) is 81.3 cm³/mol. The van der Waals surface area contributed by atoms with E-state index in [1.807, 2.05) is 41.9 Å². The number of rotatable bonds is 2. The number of imidazole rings is 1. The number of nitrogens with one attached hydrogen (secondary N) is 1. The molecular formula is C15H11N3OS. The Balaban J connectivity index is 1.90. The quantitative estimate of drug-likeness (QED) is 0.607. The Labute approximate surface area is 119 Å². The van der Waals surface area contributed by atoms with E-state index in [2.05, 4.69) is 9.97 Å². The van der Waals surface area contributed by atoms with Gasteiger partial charge in [-0.1, -0.05) is 0 Å². The summed E-state index contributed by atoms with van der Waals surface area (Å²) in [6.07, 6.45) is 1.84. The van der Waals surface area contributed by atoms with Gasteiger partial charge in [-0.3, -0.25) is 4.98 Å². The maximum Gasteiger partial charge on any atom is 0.138 e. The molecule has 98 valence electrons. The smallest absolute Gasteiger partial charge is 0.138 e. The standard InChI is InChI=1S/C15H11N3OS/c1-19-10-4-2-9(3-5-10)15-17-12-8-16-11-6-7-20-14(11)13(12)18-15/h2-8H,1H3,(H,17,18). The molecule has 4 aromatic rings. The van der Waals surface area contributed by atoms with Crippen LogP contribution in [0, 0.1) is 0 Å². The van der Waals surface area contributed by atoms with Gasteiger partial charge in [-0.05, 0) is 35.7 Å². The maximum absolute atomic E-state index is 5.17. The minimum atomic E-state index is 0.840. The summed E-state index contributed by atoms with van der Waals surface area (Å²) in [4.78, 5) is 12.5. The molecule has 0 aliphatic carbocycles. The van der Waals surface area contributed by atoms with E-state index in [0.29, 0.717) is 0 Å². The minimum Gasteiger partial charge on any atom is -0.497 e. The number of hydrogen-bond donors (Lipinski definition) is 1. The number of fused-ring (bicyclic) bond motifs is 3. The number of methoxy groups -OCH3 is 1. The molecule has 0 saturated carbocycles. The monoisotopic (exact) mass is 281 g/mol. The Hall–Kier alpha value is -2.40. The van der Waals surface area contributed by atoms with E-state index >= 15 is 0 Å². The average Bonchev–Trinajstić information content (AvgIpc) is 3.12. The highest BCUT2D eigenvalue weighted by Crippen LogP contribution is 2.29. The number of ether oxygens (including phenoxy) is 1. The molecule has 1 N–H and O–H groups in total. The molecule has 4 nitrogen and oxygen atoms in total. The SMILES string of the molecule is COc1ccc(-c2nc3c(cnc4ccsc43)[nH]2)cc1. The lowest BCUT2D eigenvalue weighted by atomic mass is 10.2. The maximum atomic E-state index is 5.17. The fraction of sp³-hybridized carbons (Fsp3) is 0.0667. The summed E-state index contributed by atoms with van der Waals surface area (Å²) in [5.41, 5.74) is 3.98. The summed E-state index contributed by atoms with van der Waals surface area (Å²) in [6, 6.07) is 9.87. The Morgan fingerprint density at radius 3 is 2.80 bits per heavy atom. The third-order valence-corrected chi connectivity index (χ3v) is 4.20. The second-order valence-corrected chi connectivity index (χ2v) is 5.39. The molecular weight excluding hydrogens is 270 g/mol. The molecule has 3 heterocycles. The van der Waals surface area contributed by atoms with Crippen LogP contribution in [-0.4, -0.2) is 22.1 Å². The third-order valence-electron chi connectivity index (χ3n) is 3.29. The number of aromatic amines is 1. The number of aromatic nitrogens is 3. The van der Waals surface area contributed by atoms with Crippen LogP contribution in [0.15, 0.2) is 41.9 Å². The summed E-state index contributed by atoms with van der Waals surface area (Å²) in [5.74, 6) is 1.69. The van der Waals surface area contributed by atoms with Gasteiger partial charge < -0.3 is 9.72 Å². The van der Waals surface area contributed by atoms with Crippen LogP contribution in [0.25, 0.3) is 32.6 Å². The largest absolute Gasteiger partial charge is 0.497 e. The van der Waals surface area contributed by atoms with E-state index in [1.165, 1.54) is 0 Å². The molecule has 0 saturated heterocycles.